The van der Waals surface area contributed by atoms with Gasteiger partial charge in [-0.3, -0.25) is 15.5 Å². The predicted molar refractivity (Wildman–Crippen MR) is 105 cm³/mol. The number of esters is 1. The Labute approximate surface area is 164 Å². The van der Waals surface area contributed by atoms with E-state index >= 15 is 0 Å². The maximum atomic E-state index is 12.1. The van der Waals surface area contributed by atoms with Crippen molar-refractivity contribution in [3.63, 3.8) is 0 Å². The van der Waals surface area contributed by atoms with Gasteiger partial charge in [-0.05, 0) is 54.1 Å². The van der Waals surface area contributed by atoms with Gasteiger partial charge in [-0.2, -0.15) is 5.10 Å². The van der Waals surface area contributed by atoms with Gasteiger partial charge in [0.15, 0.2) is 0 Å². The average molecular weight is 397 g/mol. The Hall–Kier alpha value is -3.78. The summed E-state index contributed by atoms with van der Waals surface area (Å²) < 4.78 is 5.29. The van der Waals surface area contributed by atoms with Gasteiger partial charge in [0.25, 0.3) is 5.69 Å². The Morgan fingerprint density at radius 2 is 1.96 bits per heavy atom. The fraction of sp³-hybridized carbons (Fsp3) is 0. The molecule has 1 N–H and O–H groups in total. The second kappa shape index (κ2) is 8.74. The van der Waals surface area contributed by atoms with E-state index in [1.54, 1.807) is 42.5 Å². The van der Waals surface area contributed by atoms with Crippen molar-refractivity contribution in [3.8, 4) is 5.75 Å². The maximum Gasteiger partial charge on any atom is 0.343 e. The highest BCUT2D eigenvalue weighted by Gasteiger charge is 2.09. The summed E-state index contributed by atoms with van der Waals surface area (Å²) >= 11 is 5.86. The highest BCUT2D eigenvalue weighted by molar-refractivity contribution is 6.30. The molecule has 0 saturated carbocycles. The van der Waals surface area contributed by atoms with Crippen LogP contribution in [0.1, 0.15) is 15.9 Å². The lowest BCUT2D eigenvalue weighted by atomic mass is 10.2. The largest absolute Gasteiger partial charge is 0.423 e. The van der Waals surface area contributed by atoms with E-state index in [1.165, 1.54) is 24.4 Å². The van der Waals surface area contributed by atoms with Crippen molar-refractivity contribution < 1.29 is 14.5 Å². The molecule has 0 aliphatic rings. The second-order valence-electron chi connectivity index (χ2n) is 5.50. The number of nitro groups is 1. The number of rotatable bonds is 6. The fourth-order valence-electron chi connectivity index (χ4n) is 2.14. The quantitative estimate of drug-likeness (QED) is 0.219. The fourth-order valence-corrected chi connectivity index (χ4v) is 2.33. The Bertz CT molecular complexity index is 1020. The lowest BCUT2D eigenvalue weighted by Gasteiger charge is -2.05. The highest BCUT2D eigenvalue weighted by Crippen LogP contribution is 2.16. The van der Waals surface area contributed by atoms with E-state index in [-0.39, 0.29) is 5.69 Å². The monoisotopic (exact) mass is 396 g/mol. The molecule has 0 fully saturated rings. The molecule has 0 aliphatic heterocycles. The van der Waals surface area contributed by atoms with Crippen LogP contribution in [0.2, 0.25) is 5.02 Å². The number of ether oxygens (including phenoxy) is 1. The number of hydrogen-bond donors (Lipinski definition) is 1. The number of pyridine rings is 1. The first-order valence-electron chi connectivity index (χ1n) is 7.98. The van der Waals surface area contributed by atoms with Crippen molar-refractivity contribution in [2.45, 2.75) is 0 Å². The Kier molecular flexibility index (Phi) is 5.93. The molecule has 0 saturated heterocycles. The molecule has 28 heavy (non-hydrogen) atoms. The molecule has 0 unspecified atom stereocenters. The lowest BCUT2D eigenvalue weighted by molar-refractivity contribution is -0.385. The third-order valence-corrected chi connectivity index (χ3v) is 3.74. The van der Waals surface area contributed by atoms with Gasteiger partial charge in [0.05, 0.1) is 16.7 Å². The molecule has 1 aromatic heterocycles. The van der Waals surface area contributed by atoms with Crippen LogP contribution in [0, 0.1) is 10.1 Å². The molecular formula is C19H13ClN4O4. The van der Waals surface area contributed by atoms with Gasteiger partial charge in [-0.25, -0.2) is 9.78 Å². The van der Waals surface area contributed by atoms with E-state index in [1.807, 2.05) is 0 Å². The second-order valence-corrected chi connectivity index (χ2v) is 5.93. The van der Waals surface area contributed by atoms with Gasteiger partial charge in [0.1, 0.15) is 17.8 Å². The number of nitrogens with zero attached hydrogens (tertiary/aromatic N) is 3. The van der Waals surface area contributed by atoms with Gasteiger partial charge >= 0.3 is 5.97 Å². The van der Waals surface area contributed by atoms with Crippen molar-refractivity contribution in [2.24, 2.45) is 5.10 Å². The first kappa shape index (κ1) is 19.0. The van der Waals surface area contributed by atoms with Gasteiger partial charge in [0.2, 0.25) is 0 Å². The molecule has 140 valence electrons. The van der Waals surface area contributed by atoms with Crippen LogP contribution in [-0.4, -0.2) is 22.1 Å². The van der Waals surface area contributed by atoms with E-state index in [9.17, 15) is 14.9 Å². The molecule has 0 amide bonds. The zero-order valence-electron chi connectivity index (χ0n) is 14.3. The number of anilines is 1. The molecule has 0 radical (unpaired) electrons. The topological polar surface area (TPSA) is 107 Å². The summed E-state index contributed by atoms with van der Waals surface area (Å²) in [6.45, 7) is 0. The maximum absolute atomic E-state index is 12.1. The van der Waals surface area contributed by atoms with E-state index < -0.39 is 10.9 Å². The molecule has 0 atom stereocenters. The summed E-state index contributed by atoms with van der Waals surface area (Å²) in [4.78, 5) is 26.0. The number of nitrogens with one attached hydrogen (secondary N) is 1. The lowest BCUT2D eigenvalue weighted by Crippen LogP contribution is -2.08. The summed E-state index contributed by atoms with van der Waals surface area (Å²) in [6, 6.07) is 16.0. The summed E-state index contributed by atoms with van der Waals surface area (Å²) in [5.41, 5.74) is 3.68. The molecule has 8 nitrogen and oxygen atoms in total. The number of hydrogen-bond acceptors (Lipinski definition) is 7. The van der Waals surface area contributed by atoms with Crippen molar-refractivity contribution in [2.75, 3.05) is 5.43 Å². The average Bonchev–Trinajstić information content (AvgIpc) is 2.69. The molecule has 2 aromatic carbocycles. The number of benzene rings is 2. The third-order valence-electron chi connectivity index (χ3n) is 3.50. The SMILES string of the molecule is O=C(Oc1ccc(/C=N\Nc2ccc([N+](=O)[O-])cn2)cc1)c1cccc(Cl)c1. The van der Waals surface area contributed by atoms with Crippen LogP contribution in [0.25, 0.3) is 0 Å². The van der Waals surface area contributed by atoms with Gasteiger partial charge in [-0.1, -0.05) is 17.7 Å². The zero-order valence-corrected chi connectivity index (χ0v) is 15.0. The summed E-state index contributed by atoms with van der Waals surface area (Å²) in [6.07, 6.45) is 2.67. The molecule has 3 rings (SSSR count). The number of hydrazone groups is 1. The van der Waals surface area contributed by atoms with E-state index in [0.717, 1.165) is 11.8 Å². The normalized spacial score (nSPS) is 10.6. The number of aromatic nitrogens is 1. The minimum atomic E-state index is -0.527. The van der Waals surface area contributed by atoms with Crippen molar-refractivity contribution in [1.82, 2.24) is 4.98 Å². The summed E-state index contributed by atoms with van der Waals surface area (Å²) in [5.74, 6) is 0.246. The highest BCUT2D eigenvalue weighted by atomic mass is 35.5. The van der Waals surface area contributed by atoms with Crippen molar-refractivity contribution in [3.05, 3.63) is 93.1 Å². The summed E-state index contributed by atoms with van der Waals surface area (Å²) in [5, 5.41) is 15.0. The van der Waals surface area contributed by atoms with E-state index in [0.29, 0.717) is 22.2 Å². The smallest absolute Gasteiger partial charge is 0.343 e. The molecule has 3 aromatic rings. The number of carbonyl (C=O) groups excluding carboxylic acids is 1. The van der Waals surface area contributed by atoms with Crippen LogP contribution in [0.4, 0.5) is 11.5 Å². The minimum absolute atomic E-state index is 0.0996. The third kappa shape index (κ3) is 5.12. The van der Waals surface area contributed by atoms with Crippen LogP contribution >= 0.6 is 11.6 Å². The molecule has 1 heterocycles. The van der Waals surface area contributed by atoms with Crippen molar-refractivity contribution >= 4 is 35.3 Å². The van der Waals surface area contributed by atoms with E-state index in [2.05, 4.69) is 15.5 Å². The van der Waals surface area contributed by atoms with Gasteiger partial charge < -0.3 is 4.74 Å². The Morgan fingerprint density at radius 1 is 1.18 bits per heavy atom. The molecule has 0 spiro atoms. The van der Waals surface area contributed by atoms with Crippen LogP contribution in [0.3, 0.4) is 0 Å². The van der Waals surface area contributed by atoms with Gasteiger partial charge in [-0.15, -0.1) is 0 Å². The first-order chi connectivity index (χ1) is 13.5. The van der Waals surface area contributed by atoms with Crippen LogP contribution in [-0.2, 0) is 0 Å². The number of halogens is 1. The summed E-state index contributed by atoms with van der Waals surface area (Å²) in [7, 11) is 0. The molecule has 0 bridgehead atoms. The zero-order chi connectivity index (χ0) is 19.9. The van der Waals surface area contributed by atoms with Crippen LogP contribution < -0.4 is 10.2 Å². The standard InChI is InChI=1S/C19H13ClN4O4/c20-15-3-1-2-14(10-15)19(25)28-17-7-4-13(5-8-17)11-22-23-18-9-6-16(12-21-18)24(26)27/h1-12H,(H,21,23)/b22-11-. The van der Waals surface area contributed by atoms with Crippen LogP contribution in [0.15, 0.2) is 72.0 Å². The Morgan fingerprint density at radius 3 is 2.61 bits per heavy atom. The van der Waals surface area contributed by atoms with Gasteiger partial charge in [0, 0.05) is 11.1 Å². The van der Waals surface area contributed by atoms with Crippen molar-refractivity contribution in [1.29, 1.82) is 0 Å². The molecule has 9 heteroatoms. The Balaban J connectivity index is 1.57. The van der Waals surface area contributed by atoms with E-state index in [4.69, 9.17) is 16.3 Å². The number of carbonyl (C=O) groups is 1. The first-order valence-corrected chi connectivity index (χ1v) is 8.36. The minimum Gasteiger partial charge on any atom is -0.423 e. The predicted octanol–water partition coefficient (Wildman–Crippen LogP) is 4.31. The molecule has 0 aliphatic carbocycles. The van der Waals surface area contributed by atoms with Crippen LogP contribution in [0.5, 0.6) is 5.75 Å². The molecular weight excluding hydrogens is 384 g/mol.